The van der Waals surface area contributed by atoms with Crippen molar-refractivity contribution in [3.63, 3.8) is 0 Å². The van der Waals surface area contributed by atoms with Crippen LogP contribution in [0.2, 0.25) is 0 Å². The van der Waals surface area contributed by atoms with Crippen LogP contribution < -0.4 is 9.47 Å². The second-order valence-corrected chi connectivity index (χ2v) is 6.93. The van der Waals surface area contributed by atoms with Gasteiger partial charge in [0.2, 0.25) is 0 Å². The third-order valence-electron chi connectivity index (χ3n) is 3.55. The van der Waals surface area contributed by atoms with Gasteiger partial charge >= 0.3 is 0 Å². The van der Waals surface area contributed by atoms with Gasteiger partial charge in [-0.3, -0.25) is 0 Å². The molecule has 0 saturated carbocycles. The van der Waals surface area contributed by atoms with E-state index in [-0.39, 0.29) is 0 Å². The Balaban J connectivity index is 1.80. The average Bonchev–Trinajstić information content (AvgIpc) is 3.28. The second-order valence-electron chi connectivity index (χ2n) is 5.04. The number of thioether (sulfide) groups is 1. The smallest absolute Gasteiger partial charge is 0.191 e. The Morgan fingerprint density at radius 1 is 1.12 bits per heavy atom. The summed E-state index contributed by atoms with van der Waals surface area (Å²) in [4.78, 5) is 1.14. The molecular weight excluding hydrogens is 342 g/mol. The van der Waals surface area contributed by atoms with Crippen LogP contribution in [0, 0.1) is 0 Å². The predicted octanol–water partition coefficient (Wildman–Crippen LogP) is 4.34. The molecule has 0 saturated heterocycles. The topological polar surface area (TPSA) is 49.2 Å². The normalized spacial score (nSPS) is 10.8. The molecule has 3 aromatic rings. The summed E-state index contributed by atoms with van der Waals surface area (Å²) in [6.07, 6.45) is 0. The fourth-order valence-corrected chi connectivity index (χ4v) is 4.02. The summed E-state index contributed by atoms with van der Waals surface area (Å²) in [7, 11) is 3.32. The number of hydrogen-bond acceptors (Lipinski definition) is 6. The fraction of sp³-hybridized carbons (Fsp3) is 0.294. The molecule has 0 atom stereocenters. The summed E-state index contributed by atoms with van der Waals surface area (Å²) in [5.41, 5.74) is 1.12. The van der Waals surface area contributed by atoms with Gasteiger partial charge in [0.05, 0.1) is 19.1 Å². The van der Waals surface area contributed by atoms with Gasteiger partial charge in [0.1, 0.15) is 11.5 Å². The van der Waals surface area contributed by atoms with Crippen molar-refractivity contribution in [3.8, 4) is 22.2 Å². The molecule has 0 spiro atoms. The highest BCUT2D eigenvalue weighted by atomic mass is 32.2. The van der Waals surface area contributed by atoms with Gasteiger partial charge in [0.25, 0.3) is 0 Å². The number of methoxy groups -OCH3 is 2. The van der Waals surface area contributed by atoms with E-state index in [9.17, 15) is 0 Å². The number of thiophene rings is 1. The molecule has 0 fully saturated rings. The number of ether oxygens (including phenoxy) is 2. The van der Waals surface area contributed by atoms with Crippen LogP contribution in [0.25, 0.3) is 10.7 Å². The van der Waals surface area contributed by atoms with Crippen molar-refractivity contribution in [3.05, 3.63) is 41.3 Å². The van der Waals surface area contributed by atoms with E-state index >= 15 is 0 Å². The van der Waals surface area contributed by atoms with Crippen molar-refractivity contribution in [1.29, 1.82) is 0 Å². The van der Waals surface area contributed by atoms with E-state index in [1.165, 1.54) is 0 Å². The van der Waals surface area contributed by atoms with Crippen LogP contribution in [0.15, 0.2) is 40.9 Å². The van der Waals surface area contributed by atoms with E-state index in [1.807, 2.05) is 24.3 Å². The zero-order valence-corrected chi connectivity index (χ0v) is 15.5. The molecule has 0 radical (unpaired) electrons. The van der Waals surface area contributed by atoms with Crippen molar-refractivity contribution in [2.75, 3.05) is 14.2 Å². The number of benzene rings is 1. The molecule has 1 aromatic carbocycles. The van der Waals surface area contributed by atoms with Gasteiger partial charge in [-0.2, -0.15) is 0 Å². The third kappa shape index (κ3) is 3.57. The molecule has 5 nitrogen and oxygen atoms in total. The lowest BCUT2D eigenvalue weighted by molar-refractivity contribution is 0.393. The van der Waals surface area contributed by atoms with Crippen molar-refractivity contribution >= 4 is 23.1 Å². The molecule has 126 valence electrons. The molecule has 0 aliphatic heterocycles. The zero-order chi connectivity index (χ0) is 16.9. The predicted molar refractivity (Wildman–Crippen MR) is 98.1 cm³/mol. The molecule has 0 aliphatic rings. The van der Waals surface area contributed by atoms with E-state index in [0.717, 1.165) is 45.2 Å². The van der Waals surface area contributed by atoms with E-state index in [0.29, 0.717) is 0 Å². The summed E-state index contributed by atoms with van der Waals surface area (Å²) in [5, 5.41) is 11.7. The summed E-state index contributed by atoms with van der Waals surface area (Å²) in [6, 6.07) is 10.0. The molecule has 0 aliphatic carbocycles. The summed E-state index contributed by atoms with van der Waals surface area (Å²) >= 11 is 3.34. The summed E-state index contributed by atoms with van der Waals surface area (Å²) in [6.45, 7) is 2.95. The molecule has 2 aromatic heterocycles. The molecular formula is C17H19N3O2S2. The van der Waals surface area contributed by atoms with Gasteiger partial charge in [-0.25, -0.2) is 0 Å². The van der Waals surface area contributed by atoms with Gasteiger partial charge in [-0.05, 0) is 36.1 Å². The maximum absolute atomic E-state index is 5.33. The first-order valence-electron chi connectivity index (χ1n) is 7.57. The lowest BCUT2D eigenvalue weighted by atomic mass is 10.2. The highest BCUT2D eigenvalue weighted by molar-refractivity contribution is 7.98. The molecule has 0 unspecified atom stereocenters. The van der Waals surface area contributed by atoms with E-state index < -0.39 is 0 Å². The van der Waals surface area contributed by atoms with Gasteiger partial charge < -0.3 is 14.0 Å². The maximum Gasteiger partial charge on any atom is 0.191 e. The van der Waals surface area contributed by atoms with E-state index in [2.05, 4.69) is 33.1 Å². The molecule has 3 rings (SSSR count). The first-order chi connectivity index (χ1) is 11.7. The largest absolute Gasteiger partial charge is 0.497 e. The number of hydrogen-bond donors (Lipinski definition) is 0. The minimum absolute atomic E-state index is 0.774. The average molecular weight is 361 g/mol. The maximum atomic E-state index is 5.33. The lowest BCUT2D eigenvalue weighted by Gasteiger charge is -2.09. The number of rotatable bonds is 7. The Morgan fingerprint density at radius 3 is 2.46 bits per heavy atom. The summed E-state index contributed by atoms with van der Waals surface area (Å²) in [5.74, 6) is 3.29. The van der Waals surface area contributed by atoms with Crippen LogP contribution in [0.5, 0.6) is 11.5 Å². The van der Waals surface area contributed by atoms with Crippen LogP contribution in [-0.2, 0) is 12.3 Å². The van der Waals surface area contributed by atoms with Gasteiger partial charge in [-0.15, -0.1) is 21.5 Å². The molecule has 24 heavy (non-hydrogen) atoms. The first-order valence-corrected chi connectivity index (χ1v) is 9.43. The van der Waals surface area contributed by atoms with Crippen molar-refractivity contribution < 1.29 is 9.47 Å². The summed E-state index contributed by atoms with van der Waals surface area (Å²) < 4.78 is 12.8. The Kier molecular flexibility index (Phi) is 5.42. The van der Waals surface area contributed by atoms with E-state index in [4.69, 9.17) is 9.47 Å². The molecule has 0 N–H and O–H groups in total. The quantitative estimate of drug-likeness (QED) is 0.586. The highest BCUT2D eigenvalue weighted by Crippen LogP contribution is 2.30. The van der Waals surface area contributed by atoms with Crippen LogP contribution in [-0.4, -0.2) is 29.0 Å². The second kappa shape index (κ2) is 7.72. The molecule has 0 bridgehead atoms. The van der Waals surface area contributed by atoms with Gasteiger partial charge in [0.15, 0.2) is 11.0 Å². The van der Waals surface area contributed by atoms with E-state index in [1.54, 1.807) is 37.3 Å². The first kappa shape index (κ1) is 16.9. The number of aromatic nitrogens is 3. The van der Waals surface area contributed by atoms with Crippen molar-refractivity contribution in [2.24, 2.45) is 0 Å². The minimum atomic E-state index is 0.774. The zero-order valence-electron chi connectivity index (χ0n) is 13.9. The molecule has 2 heterocycles. The Labute approximate surface area is 149 Å². The van der Waals surface area contributed by atoms with Crippen molar-refractivity contribution in [1.82, 2.24) is 14.8 Å². The van der Waals surface area contributed by atoms with Crippen LogP contribution in [0.3, 0.4) is 0 Å². The standard InChI is InChI=1S/C17H19N3O2S2/c1-4-20-16(15-6-5-7-23-15)18-19-17(20)24-11-12-8-13(21-2)10-14(9-12)22-3/h5-10H,4,11H2,1-3H3. The van der Waals surface area contributed by atoms with Crippen LogP contribution in [0.4, 0.5) is 0 Å². The van der Waals surface area contributed by atoms with Crippen LogP contribution in [0.1, 0.15) is 12.5 Å². The Hall–Kier alpha value is -1.99. The molecule has 7 heteroatoms. The number of nitrogens with zero attached hydrogens (tertiary/aromatic N) is 3. The van der Waals surface area contributed by atoms with Crippen LogP contribution >= 0.6 is 23.1 Å². The van der Waals surface area contributed by atoms with Gasteiger partial charge in [-0.1, -0.05) is 17.8 Å². The Morgan fingerprint density at radius 2 is 1.88 bits per heavy atom. The molecule has 0 amide bonds. The Bertz CT molecular complexity index is 778. The SMILES string of the molecule is CCn1c(SCc2cc(OC)cc(OC)c2)nnc1-c1cccs1. The minimum Gasteiger partial charge on any atom is -0.497 e. The van der Waals surface area contributed by atoms with Crippen molar-refractivity contribution in [2.45, 2.75) is 24.4 Å². The monoisotopic (exact) mass is 361 g/mol. The highest BCUT2D eigenvalue weighted by Gasteiger charge is 2.14. The lowest BCUT2D eigenvalue weighted by Crippen LogP contribution is -1.99. The van der Waals surface area contributed by atoms with Gasteiger partial charge in [0, 0.05) is 18.4 Å². The fourth-order valence-electron chi connectivity index (χ4n) is 2.37. The third-order valence-corrected chi connectivity index (χ3v) is 5.46.